The molecule has 0 spiro atoms. The summed E-state index contributed by atoms with van der Waals surface area (Å²) in [5.41, 5.74) is 0. The third-order valence-corrected chi connectivity index (χ3v) is 4.85. The Labute approximate surface area is 130 Å². The number of urea groups is 1. The normalized spacial score (nSPS) is 34.1. The lowest BCUT2D eigenvalue weighted by Gasteiger charge is -2.41. The van der Waals surface area contributed by atoms with Crippen molar-refractivity contribution in [1.29, 1.82) is 0 Å². The third-order valence-electron chi connectivity index (χ3n) is 4.85. The quantitative estimate of drug-likeness (QED) is 0.800. The standard InChI is InChI=1S/C14H18F3N3O3/c15-14(16,17)6-7-3-8-1-2-9(4-7)20(8)12(22)10-5-11(21)19-13(23)18-10/h7-10H,1-6H2,(H2,18,19,21,23)/t7?,8?,9?,10-/m0/s1. The average molecular weight is 333 g/mol. The number of nitrogens with one attached hydrogen (secondary N) is 2. The molecule has 6 nitrogen and oxygen atoms in total. The molecule has 3 aliphatic rings. The zero-order valence-electron chi connectivity index (χ0n) is 12.4. The summed E-state index contributed by atoms with van der Waals surface area (Å²) < 4.78 is 37.7. The van der Waals surface area contributed by atoms with Crippen LogP contribution in [-0.2, 0) is 9.59 Å². The summed E-state index contributed by atoms with van der Waals surface area (Å²) in [6.07, 6.45) is -3.12. The van der Waals surface area contributed by atoms with Gasteiger partial charge in [0.15, 0.2) is 0 Å². The van der Waals surface area contributed by atoms with E-state index >= 15 is 0 Å². The highest BCUT2D eigenvalue weighted by Gasteiger charge is 2.47. The number of hydrogen-bond acceptors (Lipinski definition) is 3. The highest BCUT2D eigenvalue weighted by atomic mass is 19.4. The van der Waals surface area contributed by atoms with Gasteiger partial charge in [0.1, 0.15) is 6.04 Å². The van der Waals surface area contributed by atoms with E-state index in [-0.39, 0.29) is 24.4 Å². The molecule has 3 rings (SSSR count). The predicted molar refractivity (Wildman–Crippen MR) is 72.1 cm³/mol. The van der Waals surface area contributed by atoms with Crippen LogP contribution in [0.5, 0.6) is 0 Å². The second-order valence-corrected chi connectivity index (χ2v) is 6.57. The molecular formula is C14H18F3N3O3. The van der Waals surface area contributed by atoms with E-state index in [1.807, 2.05) is 0 Å². The van der Waals surface area contributed by atoms with Crippen molar-refractivity contribution >= 4 is 17.8 Å². The number of imide groups is 1. The zero-order valence-corrected chi connectivity index (χ0v) is 12.4. The lowest BCUT2D eigenvalue weighted by molar-refractivity contribution is -0.153. The number of amides is 4. The average Bonchev–Trinajstić information content (AvgIpc) is 2.66. The van der Waals surface area contributed by atoms with Crippen LogP contribution in [-0.4, -0.2) is 47.0 Å². The van der Waals surface area contributed by atoms with E-state index in [0.717, 1.165) is 0 Å². The minimum atomic E-state index is -4.19. The van der Waals surface area contributed by atoms with Gasteiger partial charge in [0.05, 0.1) is 6.42 Å². The third kappa shape index (κ3) is 3.42. The van der Waals surface area contributed by atoms with Gasteiger partial charge >= 0.3 is 12.2 Å². The molecule has 0 aliphatic carbocycles. The van der Waals surface area contributed by atoms with E-state index in [2.05, 4.69) is 10.6 Å². The second-order valence-electron chi connectivity index (χ2n) is 6.57. The van der Waals surface area contributed by atoms with Gasteiger partial charge in [-0.05, 0) is 31.6 Å². The summed E-state index contributed by atoms with van der Waals surface area (Å²) in [5.74, 6) is -1.33. The van der Waals surface area contributed by atoms with Crippen molar-refractivity contribution in [1.82, 2.24) is 15.5 Å². The van der Waals surface area contributed by atoms with Gasteiger partial charge < -0.3 is 10.2 Å². The molecule has 0 aromatic carbocycles. The fourth-order valence-corrected chi connectivity index (χ4v) is 4.08. The SMILES string of the molecule is O=C1C[C@@H](C(=O)N2C3CCC2CC(CC(F)(F)F)C3)NC(=O)N1. The van der Waals surface area contributed by atoms with E-state index in [1.54, 1.807) is 4.90 Å². The highest BCUT2D eigenvalue weighted by Crippen LogP contribution is 2.43. The van der Waals surface area contributed by atoms with Crippen molar-refractivity contribution < 1.29 is 27.6 Å². The van der Waals surface area contributed by atoms with Crippen LogP contribution in [0.25, 0.3) is 0 Å². The van der Waals surface area contributed by atoms with Gasteiger partial charge in [-0.1, -0.05) is 0 Å². The number of alkyl halides is 3. The zero-order chi connectivity index (χ0) is 16.8. The molecule has 23 heavy (non-hydrogen) atoms. The van der Waals surface area contributed by atoms with Crippen molar-refractivity contribution in [3.63, 3.8) is 0 Å². The molecule has 2 unspecified atom stereocenters. The Hall–Kier alpha value is -1.80. The van der Waals surface area contributed by atoms with Crippen molar-refractivity contribution in [2.24, 2.45) is 5.92 Å². The van der Waals surface area contributed by atoms with Gasteiger partial charge in [-0.15, -0.1) is 0 Å². The Morgan fingerprint density at radius 1 is 1.17 bits per heavy atom. The first-order chi connectivity index (χ1) is 10.7. The van der Waals surface area contributed by atoms with Crippen molar-refractivity contribution in [3.8, 4) is 0 Å². The van der Waals surface area contributed by atoms with Crippen molar-refractivity contribution in [2.75, 3.05) is 0 Å². The van der Waals surface area contributed by atoms with Crippen LogP contribution in [0.3, 0.4) is 0 Å². The molecule has 4 amide bonds. The maximum atomic E-state index is 12.6. The second kappa shape index (κ2) is 5.68. The van der Waals surface area contributed by atoms with Gasteiger partial charge in [-0.3, -0.25) is 14.9 Å². The first-order valence-corrected chi connectivity index (χ1v) is 7.72. The van der Waals surface area contributed by atoms with Gasteiger partial charge in [-0.25, -0.2) is 4.79 Å². The molecule has 0 saturated carbocycles. The summed E-state index contributed by atoms with van der Waals surface area (Å²) >= 11 is 0. The maximum Gasteiger partial charge on any atom is 0.389 e. The Kier molecular flexibility index (Phi) is 3.97. The van der Waals surface area contributed by atoms with Gasteiger partial charge in [0.2, 0.25) is 11.8 Å². The molecule has 3 saturated heterocycles. The molecular weight excluding hydrogens is 315 g/mol. The maximum absolute atomic E-state index is 12.6. The summed E-state index contributed by atoms with van der Waals surface area (Å²) in [6.45, 7) is 0. The molecule has 3 fully saturated rings. The largest absolute Gasteiger partial charge is 0.389 e. The topological polar surface area (TPSA) is 78.5 Å². The van der Waals surface area contributed by atoms with Crippen LogP contribution < -0.4 is 10.6 Å². The molecule has 3 aliphatic heterocycles. The lowest BCUT2D eigenvalue weighted by atomic mass is 9.87. The Balaban J connectivity index is 1.67. The minimum absolute atomic E-state index is 0.132. The minimum Gasteiger partial charge on any atom is -0.335 e. The number of fused-ring (bicyclic) bond motifs is 2. The van der Waals surface area contributed by atoms with Crippen LogP contribution in [0.2, 0.25) is 0 Å². The van der Waals surface area contributed by atoms with Crippen LogP contribution in [0.15, 0.2) is 0 Å². The Morgan fingerprint density at radius 2 is 1.78 bits per heavy atom. The van der Waals surface area contributed by atoms with E-state index in [0.29, 0.717) is 25.7 Å². The van der Waals surface area contributed by atoms with Gasteiger partial charge in [0.25, 0.3) is 0 Å². The fourth-order valence-electron chi connectivity index (χ4n) is 4.08. The summed E-state index contributed by atoms with van der Waals surface area (Å²) in [5, 5.41) is 4.47. The molecule has 9 heteroatoms. The smallest absolute Gasteiger partial charge is 0.335 e. The predicted octanol–water partition coefficient (Wildman–Crippen LogP) is 1.31. The first-order valence-electron chi connectivity index (χ1n) is 7.72. The lowest BCUT2D eigenvalue weighted by Crippen LogP contribution is -2.60. The van der Waals surface area contributed by atoms with E-state index in [9.17, 15) is 27.6 Å². The van der Waals surface area contributed by atoms with Crippen molar-refractivity contribution in [2.45, 2.75) is 62.8 Å². The Bertz CT molecular complexity index is 507. The fraction of sp³-hybridized carbons (Fsp3) is 0.786. The van der Waals surface area contributed by atoms with Crippen LogP contribution in [0.1, 0.15) is 38.5 Å². The van der Waals surface area contributed by atoms with Crippen molar-refractivity contribution in [3.05, 3.63) is 0 Å². The first kappa shape index (κ1) is 16.1. The van der Waals surface area contributed by atoms with E-state index in [4.69, 9.17) is 0 Å². The van der Waals surface area contributed by atoms with E-state index < -0.39 is 36.5 Å². The number of carbonyl (C=O) groups excluding carboxylic acids is 3. The molecule has 0 aromatic rings. The monoisotopic (exact) mass is 333 g/mol. The number of piperidine rings is 1. The summed E-state index contributed by atoms with van der Waals surface area (Å²) in [4.78, 5) is 36.9. The van der Waals surface area contributed by atoms with Crippen LogP contribution in [0.4, 0.5) is 18.0 Å². The molecule has 2 bridgehead atoms. The van der Waals surface area contributed by atoms with E-state index in [1.165, 1.54) is 0 Å². The Morgan fingerprint density at radius 3 is 2.30 bits per heavy atom. The number of hydrogen-bond donors (Lipinski definition) is 2. The van der Waals surface area contributed by atoms with Crippen LogP contribution >= 0.6 is 0 Å². The molecule has 0 radical (unpaired) electrons. The summed E-state index contributed by atoms with van der Waals surface area (Å²) in [7, 11) is 0. The molecule has 3 atom stereocenters. The summed E-state index contributed by atoms with van der Waals surface area (Å²) in [6, 6.07) is -2.08. The molecule has 2 N–H and O–H groups in total. The number of carbonyl (C=O) groups is 3. The highest BCUT2D eigenvalue weighted by molar-refractivity contribution is 6.02. The number of nitrogens with zero attached hydrogens (tertiary/aromatic N) is 1. The van der Waals surface area contributed by atoms with Crippen LogP contribution in [0, 0.1) is 5.92 Å². The molecule has 128 valence electrons. The molecule has 3 heterocycles. The molecule has 0 aromatic heterocycles. The number of rotatable bonds is 2. The van der Waals surface area contributed by atoms with Gasteiger partial charge in [-0.2, -0.15) is 13.2 Å². The number of halogens is 3. The van der Waals surface area contributed by atoms with Gasteiger partial charge in [0, 0.05) is 18.5 Å².